The van der Waals surface area contributed by atoms with E-state index in [1.165, 1.54) is 0 Å². The first-order chi connectivity index (χ1) is 10.1. The maximum atomic E-state index is 11.4. The Kier molecular flexibility index (Phi) is 7.49. The van der Waals surface area contributed by atoms with Crippen LogP contribution in [0.5, 0.6) is 0 Å². The Balaban J connectivity index is 2.74. The topological polar surface area (TPSA) is 53.2 Å². The minimum Gasteiger partial charge on any atom is -0.339 e. The Hall–Kier alpha value is -0.460. The first-order valence-corrected chi connectivity index (χ1v) is 8.28. The molecule has 122 valence electrons. The van der Waals surface area contributed by atoms with Gasteiger partial charge in [0.05, 0.1) is 0 Å². The summed E-state index contributed by atoms with van der Waals surface area (Å²) in [5, 5.41) is 8.34. The van der Waals surface area contributed by atoms with Gasteiger partial charge in [-0.2, -0.15) is 0 Å². The van der Waals surface area contributed by atoms with E-state index < -0.39 is 15.9 Å². The number of thiocarbonyl (C=S) groups is 1. The van der Waals surface area contributed by atoms with Crippen LogP contribution in [0.2, 0.25) is 0 Å². The number of aryl methyl sites for hydroxylation is 2. The fourth-order valence-corrected chi connectivity index (χ4v) is 2.16. The van der Waals surface area contributed by atoms with E-state index in [1.54, 1.807) is 0 Å². The zero-order valence-electron chi connectivity index (χ0n) is 11.8. The average Bonchev–Trinajstić information content (AvgIpc) is 2.41. The fraction of sp³-hybridized carbons (Fsp3) is 0.385. The monoisotopic (exact) mass is 401 g/mol. The number of halogens is 4. The summed E-state index contributed by atoms with van der Waals surface area (Å²) in [4.78, 5) is 11.4. The largest absolute Gasteiger partial charge is 0.339 e. The van der Waals surface area contributed by atoms with Gasteiger partial charge in [-0.25, -0.2) is 0 Å². The summed E-state index contributed by atoms with van der Waals surface area (Å²) < 4.78 is -1.79. The molecule has 4 nitrogen and oxygen atoms in total. The third-order valence-corrected chi connectivity index (χ3v) is 3.91. The highest BCUT2D eigenvalue weighted by atomic mass is 35.6. The zero-order chi connectivity index (χ0) is 16.9. The molecule has 0 aromatic heterocycles. The molecule has 22 heavy (non-hydrogen) atoms. The first-order valence-electron chi connectivity index (χ1n) is 6.20. The van der Waals surface area contributed by atoms with Crippen LogP contribution in [-0.4, -0.2) is 26.9 Å². The Bertz CT molecular complexity index is 563. The standard InChI is InChI=1S/C13H15Cl4N3OS/c1-7-3-4-9(5-8(7)2)18-12(22)20-11(13(15,16)17)19-10(21)6-14/h3-5,11H,6H2,1-2H3,(H,19,21)(H2,18,20,22). The Morgan fingerprint density at radius 2 is 1.86 bits per heavy atom. The van der Waals surface area contributed by atoms with Gasteiger partial charge in [0.25, 0.3) is 0 Å². The molecule has 1 aromatic rings. The van der Waals surface area contributed by atoms with Gasteiger partial charge in [-0.3, -0.25) is 4.79 Å². The van der Waals surface area contributed by atoms with Crippen molar-refractivity contribution in [3.05, 3.63) is 29.3 Å². The molecule has 0 radical (unpaired) electrons. The van der Waals surface area contributed by atoms with Crippen molar-refractivity contribution in [1.82, 2.24) is 10.6 Å². The van der Waals surface area contributed by atoms with E-state index in [0.717, 1.165) is 16.8 Å². The van der Waals surface area contributed by atoms with E-state index in [1.807, 2.05) is 32.0 Å². The summed E-state index contributed by atoms with van der Waals surface area (Å²) in [7, 11) is 0. The van der Waals surface area contributed by atoms with E-state index in [2.05, 4.69) is 16.0 Å². The van der Waals surface area contributed by atoms with Crippen molar-refractivity contribution in [2.75, 3.05) is 11.2 Å². The van der Waals surface area contributed by atoms with Crippen LogP contribution in [0.4, 0.5) is 5.69 Å². The van der Waals surface area contributed by atoms with Crippen LogP contribution < -0.4 is 16.0 Å². The SMILES string of the molecule is Cc1ccc(NC(=S)NC(NC(=O)CCl)C(Cl)(Cl)Cl)cc1C. The Morgan fingerprint density at radius 1 is 1.23 bits per heavy atom. The van der Waals surface area contributed by atoms with Gasteiger partial charge in [-0.1, -0.05) is 40.9 Å². The van der Waals surface area contributed by atoms with Crippen molar-refractivity contribution < 1.29 is 4.79 Å². The molecule has 0 saturated heterocycles. The molecule has 0 heterocycles. The van der Waals surface area contributed by atoms with Crippen LogP contribution in [0.3, 0.4) is 0 Å². The predicted octanol–water partition coefficient (Wildman–Crippen LogP) is 3.64. The number of anilines is 1. The van der Waals surface area contributed by atoms with Gasteiger partial charge < -0.3 is 16.0 Å². The molecule has 0 aliphatic heterocycles. The van der Waals surface area contributed by atoms with Crippen LogP contribution in [-0.2, 0) is 4.79 Å². The zero-order valence-corrected chi connectivity index (χ0v) is 15.7. The van der Waals surface area contributed by atoms with E-state index in [4.69, 9.17) is 58.6 Å². The molecule has 0 fully saturated rings. The van der Waals surface area contributed by atoms with Gasteiger partial charge in [0, 0.05) is 5.69 Å². The summed E-state index contributed by atoms with van der Waals surface area (Å²) in [6.07, 6.45) is -1.02. The highest BCUT2D eigenvalue weighted by Gasteiger charge is 2.34. The van der Waals surface area contributed by atoms with E-state index >= 15 is 0 Å². The second kappa shape index (κ2) is 8.41. The van der Waals surface area contributed by atoms with Crippen LogP contribution in [0, 0.1) is 13.8 Å². The first kappa shape index (κ1) is 19.6. The van der Waals surface area contributed by atoms with Gasteiger partial charge >= 0.3 is 0 Å². The van der Waals surface area contributed by atoms with Crippen LogP contribution >= 0.6 is 58.6 Å². The number of benzene rings is 1. The molecule has 1 rings (SSSR count). The molecule has 0 spiro atoms. The van der Waals surface area contributed by atoms with Gasteiger partial charge in [0.1, 0.15) is 12.0 Å². The number of amides is 1. The van der Waals surface area contributed by atoms with Crippen LogP contribution in [0.1, 0.15) is 11.1 Å². The molecule has 0 aliphatic rings. The summed E-state index contributed by atoms with van der Waals surface area (Å²) in [5.74, 6) is -0.740. The molecule has 1 unspecified atom stereocenters. The second-order valence-electron chi connectivity index (χ2n) is 4.57. The minimum absolute atomic E-state index is 0.203. The van der Waals surface area contributed by atoms with Crippen LogP contribution in [0.15, 0.2) is 18.2 Å². The Labute approximate surface area is 154 Å². The number of carbonyl (C=O) groups is 1. The molecule has 1 atom stereocenters. The van der Waals surface area contributed by atoms with E-state index in [9.17, 15) is 4.79 Å². The number of carbonyl (C=O) groups excluding carboxylic acids is 1. The smallest absolute Gasteiger partial charge is 0.236 e. The quantitative estimate of drug-likeness (QED) is 0.408. The molecular formula is C13H15Cl4N3OS. The van der Waals surface area contributed by atoms with Crippen molar-refractivity contribution in [2.24, 2.45) is 0 Å². The lowest BCUT2D eigenvalue weighted by molar-refractivity contribution is -0.119. The Morgan fingerprint density at radius 3 is 2.36 bits per heavy atom. The van der Waals surface area contributed by atoms with Gasteiger partial charge in [0.2, 0.25) is 9.70 Å². The molecular weight excluding hydrogens is 388 g/mol. The summed E-state index contributed by atoms with van der Waals surface area (Å²) in [6, 6.07) is 5.77. The number of nitrogens with one attached hydrogen (secondary N) is 3. The molecule has 0 aliphatic carbocycles. The highest BCUT2D eigenvalue weighted by Crippen LogP contribution is 2.29. The van der Waals surface area contributed by atoms with Crippen molar-refractivity contribution in [1.29, 1.82) is 0 Å². The van der Waals surface area contributed by atoms with Crippen molar-refractivity contribution >= 4 is 75.3 Å². The number of hydrogen-bond donors (Lipinski definition) is 3. The minimum atomic E-state index is -1.79. The molecule has 0 bridgehead atoms. The predicted molar refractivity (Wildman–Crippen MR) is 98.2 cm³/mol. The van der Waals surface area contributed by atoms with Crippen molar-refractivity contribution in [3.63, 3.8) is 0 Å². The van der Waals surface area contributed by atoms with E-state index in [0.29, 0.717) is 0 Å². The molecule has 3 N–H and O–H groups in total. The molecule has 9 heteroatoms. The maximum Gasteiger partial charge on any atom is 0.236 e. The highest BCUT2D eigenvalue weighted by molar-refractivity contribution is 7.80. The maximum absolute atomic E-state index is 11.4. The lowest BCUT2D eigenvalue weighted by atomic mass is 10.1. The lowest BCUT2D eigenvalue weighted by Crippen LogP contribution is -2.56. The third kappa shape index (κ3) is 6.34. The van der Waals surface area contributed by atoms with Gasteiger partial charge in [-0.15, -0.1) is 11.6 Å². The molecule has 1 aromatic carbocycles. The fourth-order valence-electron chi connectivity index (χ4n) is 1.52. The van der Waals surface area contributed by atoms with E-state index in [-0.39, 0.29) is 11.0 Å². The number of alkyl halides is 4. The van der Waals surface area contributed by atoms with Crippen molar-refractivity contribution in [3.8, 4) is 0 Å². The summed E-state index contributed by atoms with van der Waals surface area (Å²) in [5.41, 5.74) is 3.06. The normalized spacial score (nSPS) is 12.5. The van der Waals surface area contributed by atoms with Crippen molar-refractivity contribution in [2.45, 2.75) is 23.8 Å². The number of rotatable bonds is 4. The van der Waals surface area contributed by atoms with Gasteiger partial charge in [0.15, 0.2) is 5.11 Å². The van der Waals surface area contributed by atoms with Crippen LogP contribution in [0.25, 0.3) is 0 Å². The summed E-state index contributed by atoms with van der Waals surface area (Å²) in [6.45, 7) is 4.00. The van der Waals surface area contributed by atoms with Gasteiger partial charge in [-0.05, 0) is 49.3 Å². The third-order valence-electron chi connectivity index (χ3n) is 2.79. The number of hydrogen-bond acceptors (Lipinski definition) is 2. The lowest BCUT2D eigenvalue weighted by Gasteiger charge is -2.27. The second-order valence-corrected chi connectivity index (χ2v) is 7.62. The average molecular weight is 403 g/mol. The molecule has 1 amide bonds. The summed E-state index contributed by atoms with van der Waals surface area (Å²) >= 11 is 28.0. The molecule has 0 saturated carbocycles.